The van der Waals surface area contributed by atoms with Crippen LogP contribution in [-0.4, -0.2) is 34.7 Å². The van der Waals surface area contributed by atoms with Gasteiger partial charge in [-0.3, -0.25) is 9.36 Å². The first-order valence-corrected chi connectivity index (χ1v) is 6.12. The Labute approximate surface area is 72.1 Å². The molecular formula is C7H15O4P. The Morgan fingerprint density at radius 2 is 2.08 bits per heavy atom. The van der Waals surface area contributed by atoms with E-state index >= 15 is 0 Å². The number of ketones is 1. The summed E-state index contributed by atoms with van der Waals surface area (Å²) < 4.78 is 10.7. The minimum Gasteiger partial charge on any atom is -0.386 e. The summed E-state index contributed by atoms with van der Waals surface area (Å²) in [5.41, 5.74) is 0. The van der Waals surface area contributed by atoms with Crippen molar-refractivity contribution in [1.29, 1.82) is 0 Å². The van der Waals surface area contributed by atoms with Gasteiger partial charge in [0.1, 0.15) is 6.10 Å². The van der Waals surface area contributed by atoms with E-state index in [1.165, 1.54) is 13.6 Å². The fourth-order valence-electron chi connectivity index (χ4n) is 0.756. The number of Topliss-reactive ketones (excluding diaryl/α,β-unsaturated/α-hetero) is 1. The average molecular weight is 194 g/mol. The highest BCUT2D eigenvalue weighted by Crippen LogP contribution is 2.35. The largest absolute Gasteiger partial charge is 0.386 e. The molecule has 2 atom stereocenters. The van der Waals surface area contributed by atoms with Crippen molar-refractivity contribution >= 4 is 13.2 Å². The van der Waals surface area contributed by atoms with Crippen molar-refractivity contribution in [3.63, 3.8) is 0 Å². The van der Waals surface area contributed by atoms with Gasteiger partial charge in [0.2, 0.25) is 0 Å². The Hall–Kier alpha value is -0.180. The van der Waals surface area contributed by atoms with Crippen LogP contribution in [0.3, 0.4) is 0 Å². The third kappa shape index (κ3) is 6.53. The molecule has 0 aliphatic carbocycles. The second-order valence-corrected chi connectivity index (χ2v) is 5.57. The molecule has 0 heterocycles. The van der Waals surface area contributed by atoms with Crippen LogP contribution >= 0.6 is 7.37 Å². The van der Waals surface area contributed by atoms with E-state index in [9.17, 15) is 9.36 Å². The topological polar surface area (TPSA) is 74.6 Å². The molecule has 2 N–H and O–H groups in total. The molecule has 0 radical (unpaired) electrons. The first kappa shape index (κ1) is 11.8. The van der Waals surface area contributed by atoms with Crippen LogP contribution in [0.2, 0.25) is 0 Å². The van der Waals surface area contributed by atoms with E-state index in [1.54, 1.807) is 0 Å². The number of rotatable bonds is 5. The molecule has 0 aromatic rings. The van der Waals surface area contributed by atoms with Gasteiger partial charge in [0.15, 0.2) is 13.2 Å². The summed E-state index contributed by atoms with van der Waals surface area (Å²) in [6.45, 7) is 2.66. The molecule has 0 saturated carbocycles. The van der Waals surface area contributed by atoms with Crippen LogP contribution in [0, 0.1) is 0 Å². The van der Waals surface area contributed by atoms with Crippen molar-refractivity contribution < 1.29 is 19.4 Å². The summed E-state index contributed by atoms with van der Waals surface area (Å²) in [7, 11) is -2.99. The molecule has 0 aromatic heterocycles. The average Bonchev–Trinajstić information content (AvgIpc) is 1.84. The fourth-order valence-corrected chi connectivity index (χ4v) is 1.50. The van der Waals surface area contributed by atoms with Gasteiger partial charge in [-0.25, -0.2) is 0 Å². The number of aliphatic hydroxyl groups excluding tert-OH is 1. The van der Waals surface area contributed by atoms with Gasteiger partial charge in [0, 0.05) is 19.2 Å². The molecule has 5 heteroatoms. The van der Waals surface area contributed by atoms with E-state index in [2.05, 4.69) is 0 Å². The van der Waals surface area contributed by atoms with Crippen molar-refractivity contribution in [3.05, 3.63) is 0 Å². The number of hydrogen-bond acceptors (Lipinski definition) is 3. The van der Waals surface area contributed by atoms with Crippen molar-refractivity contribution in [2.45, 2.75) is 25.9 Å². The van der Waals surface area contributed by atoms with Crippen LogP contribution < -0.4 is 0 Å². The number of hydrogen-bond donors (Lipinski definition) is 2. The zero-order valence-corrected chi connectivity index (χ0v) is 8.25. The van der Waals surface area contributed by atoms with Gasteiger partial charge in [-0.15, -0.1) is 0 Å². The predicted octanol–water partition coefficient (Wildman–Crippen LogP) is 0.617. The van der Waals surface area contributed by atoms with E-state index in [1.807, 2.05) is 0 Å². The Bertz CT molecular complexity index is 194. The van der Waals surface area contributed by atoms with Gasteiger partial charge in [0.05, 0.1) is 0 Å². The lowest BCUT2D eigenvalue weighted by molar-refractivity contribution is -0.126. The Kier molecular flexibility index (Phi) is 4.68. The monoisotopic (exact) mass is 194 g/mol. The maximum atomic E-state index is 10.8. The molecule has 12 heavy (non-hydrogen) atoms. The number of carbonyl (C=O) groups is 1. The first-order chi connectivity index (χ1) is 5.33. The summed E-state index contributed by atoms with van der Waals surface area (Å²) >= 11 is 0. The van der Waals surface area contributed by atoms with E-state index < -0.39 is 13.5 Å². The molecule has 0 rings (SSSR count). The second kappa shape index (κ2) is 4.75. The molecule has 0 amide bonds. The molecular weight excluding hydrogens is 179 g/mol. The van der Waals surface area contributed by atoms with Gasteiger partial charge in [-0.1, -0.05) is 0 Å². The highest BCUT2D eigenvalue weighted by molar-refractivity contribution is 7.57. The van der Waals surface area contributed by atoms with Gasteiger partial charge < -0.3 is 10.00 Å². The maximum absolute atomic E-state index is 10.8. The minimum atomic E-state index is -2.99. The van der Waals surface area contributed by atoms with Crippen LogP contribution in [0.4, 0.5) is 0 Å². The lowest BCUT2D eigenvalue weighted by atomic mass is 10.1. The van der Waals surface area contributed by atoms with Crippen molar-refractivity contribution in [2.24, 2.45) is 0 Å². The van der Waals surface area contributed by atoms with Crippen LogP contribution in [-0.2, 0) is 9.36 Å². The van der Waals surface area contributed by atoms with Gasteiger partial charge in [0.25, 0.3) is 0 Å². The first-order valence-electron chi connectivity index (χ1n) is 3.83. The minimum absolute atomic E-state index is 0.144. The molecule has 0 aliphatic heterocycles. The lowest BCUT2D eigenvalue weighted by Gasteiger charge is -2.05. The van der Waals surface area contributed by atoms with Crippen molar-refractivity contribution in [1.82, 2.24) is 0 Å². The van der Waals surface area contributed by atoms with Crippen LogP contribution in [0.25, 0.3) is 0 Å². The highest BCUT2D eigenvalue weighted by atomic mass is 31.2. The standard InChI is InChI=1S/C7H15O4P/c1-6(8)7(9)4-3-5-12(2,10)11/h6,8H,3-5H2,1-2H3,(H,10,11)/t6-/m0/s1. The predicted molar refractivity (Wildman–Crippen MR) is 46.5 cm³/mol. The van der Waals surface area contributed by atoms with Gasteiger partial charge in [-0.2, -0.15) is 0 Å². The molecule has 72 valence electrons. The Morgan fingerprint density at radius 1 is 1.58 bits per heavy atom. The van der Waals surface area contributed by atoms with Crippen LogP contribution in [0.15, 0.2) is 0 Å². The number of aliphatic hydroxyl groups is 1. The maximum Gasteiger partial charge on any atom is 0.197 e. The van der Waals surface area contributed by atoms with Crippen molar-refractivity contribution in [3.8, 4) is 0 Å². The zero-order chi connectivity index (χ0) is 9.78. The lowest BCUT2D eigenvalue weighted by Crippen LogP contribution is -2.15. The third-order valence-electron chi connectivity index (χ3n) is 1.46. The van der Waals surface area contributed by atoms with E-state index in [0.29, 0.717) is 6.42 Å². The normalized spacial score (nSPS) is 18.3. The second-order valence-electron chi connectivity index (χ2n) is 3.02. The summed E-state index contributed by atoms with van der Waals surface area (Å²) in [5.74, 6) is -0.275. The summed E-state index contributed by atoms with van der Waals surface area (Å²) in [5, 5.41) is 8.77. The SMILES string of the molecule is C[C@H](O)C(=O)CCCP(C)(=O)O. The molecule has 0 aliphatic rings. The van der Waals surface area contributed by atoms with E-state index in [4.69, 9.17) is 10.00 Å². The fraction of sp³-hybridized carbons (Fsp3) is 0.857. The molecule has 0 aromatic carbocycles. The smallest absolute Gasteiger partial charge is 0.197 e. The summed E-state index contributed by atoms with van der Waals surface area (Å²) in [4.78, 5) is 19.7. The number of carbonyl (C=O) groups excluding carboxylic acids is 1. The Balaban J connectivity index is 3.58. The molecule has 4 nitrogen and oxygen atoms in total. The molecule has 0 spiro atoms. The molecule has 1 unspecified atom stereocenters. The van der Waals surface area contributed by atoms with Crippen LogP contribution in [0.5, 0.6) is 0 Å². The van der Waals surface area contributed by atoms with E-state index in [0.717, 1.165) is 0 Å². The van der Waals surface area contributed by atoms with E-state index in [-0.39, 0.29) is 18.4 Å². The molecule has 0 fully saturated rings. The quantitative estimate of drug-likeness (QED) is 0.629. The molecule has 0 bridgehead atoms. The summed E-state index contributed by atoms with van der Waals surface area (Å²) in [6, 6.07) is 0. The van der Waals surface area contributed by atoms with Crippen molar-refractivity contribution in [2.75, 3.05) is 12.8 Å². The Morgan fingerprint density at radius 3 is 2.42 bits per heavy atom. The highest BCUT2D eigenvalue weighted by Gasteiger charge is 2.12. The van der Waals surface area contributed by atoms with Crippen LogP contribution in [0.1, 0.15) is 19.8 Å². The third-order valence-corrected chi connectivity index (χ3v) is 2.61. The van der Waals surface area contributed by atoms with Gasteiger partial charge >= 0.3 is 0 Å². The zero-order valence-electron chi connectivity index (χ0n) is 7.36. The van der Waals surface area contributed by atoms with Gasteiger partial charge in [-0.05, 0) is 13.3 Å². The molecule has 0 saturated heterocycles. The summed E-state index contributed by atoms with van der Waals surface area (Å²) in [6.07, 6.45) is -0.268.